The van der Waals surface area contributed by atoms with E-state index in [0.29, 0.717) is 22.0 Å². The molecule has 0 aliphatic carbocycles. The zero-order valence-electron chi connectivity index (χ0n) is 11.5. The maximum absolute atomic E-state index is 11.9. The first-order valence-electron chi connectivity index (χ1n) is 6.27. The molecular formula is C15H12Cl4N2O. The number of urea groups is 1. The second kappa shape index (κ2) is 6.97. The molecule has 116 valence electrons. The van der Waals surface area contributed by atoms with Crippen molar-refractivity contribution in [2.45, 2.75) is 10.7 Å². The lowest BCUT2D eigenvalue weighted by Gasteiger charge is -2.12. The molecule has 2 amide bonds. The molecule has 2 aromatic rings. The summed E-state index contributed by atoms with van der Waals surface area (Å²) in [4.78, 5) is 11.9. The van der Waals surface area contributed by atoms with E-state index in [9.17, 15) is 4.79 Å². The van der Waals surface area contributed by atoms with Gasteiger partial charge in [-0.2, -0.15) is 0 Å². The van der Waals surface area contributed by atoms with Crippen LogP contribution in [0.1, 0.15) is 11.1 Å². The fourth-order valence-electron chi connectivity index (χ4n) is 1.71. The van der Waals surface area contributed by atoms with Crippen molar-refractivity contribution >= 4 is 63.8 Å². The largest absolute Gasteiger partial charge is 0.323 e. The second-order valence-electron chi connectivity index (χ2n) is 4.62. The number of alkyl halides is 3. The van der Waals surface area contributed by atoms with E-state index >= 15 is 0 Å². The highest BCUT2D eigenvalue weighted by molar-refractivity contribution is 6.66. The maximum Gasteiger partial charge on any atom is 0.323 e. The Morgan fingerprint density at radius 2 is 1.50 bits per heavy atom. The monoisotopic (exact) mass is 376 g/mol. The van der Waals surface area contributed by atoms with Gasteiger partial charge in [-0.3, -0.25) is 0 Å². The van der Waals surface area contributed by atoms with Crippen LogP contribution in [0.25, 0.3) is 0 Å². The molecule has 0 saturated heterocycles. The Labute approximate surface area is 148 Å². The minimum Gasteiger partial charge on any atom is -0.308 e. The summed E-state index contributed by atoms with van der Waals surface area (Å²) in [5.74, 6) is 0. The summed E-state index contributed by atoms with van der Waals surface area (Å²) >= 11 is 23.3. The highest BCUT2D eigenvalue weighted by Gasteiger charge is 2.22. The number of benzene rings is 2. The third kappa shape index (κ3) is 4.68. The van der Waals surface area contributed by atoms with Crippen LogP contribution in [-0.4, -0.2) is 6.03 Å². The second-order valence-corrected chi connectivity index (χ2v) is 7.31. The van der Waals surface area contributed by atoms with Gasteiger partial charge >= 0.3 is 6.03 Å². The van der Waals surface area contributed by atoms with Gasteiger partial charge in [0.25, 0.3) is 0 Å². The van der Waals surface area contributed by atoms with Gasteiger partial charge in [0.05, 0.1) is 0 Å². The van der Waals surface area contributed by atoms with Crippen LogP contribution < -0.4 is 10.6 Å². The van der Waals surface area contributed by atoms with Gasteiger partial charge in [0.15, 0.2) is 0 Å². The minimum absolute atomic E-state index is 0.387. The first-order chi connectivity index (χ1) is 10.3. The Hall–Kier alpha value is -1.13. The molecule has 22 heavy (non-hydrogen) atoms. The summed E-state index contributed by atoms with van der Waals surface area (Å²) in [5.41, 5.74) is 2.64. The van der Waals surface area contributed by atoms with Gasteiger partial charge in [-0.1, -0.05) is 64.6 Å². The van der Waals surface area contributed by atoms with E-state index in [0.717, 1.165) is 5.56 Å². The lowest BCUT2D eigenvalue weighted by atomic mass is 10.2. The molecule has 0 aliphatic heterocycles. The van der Waals surface area contributed by atoms with Crippen molar-refractivity contribution in [3.05, 3.63) is 58.6 Å². The SMILES string of the molecule is Cc1ccc(NC(=O)Nc2ccc(C(Cl)(Cl)Cl)cc2)cc1Cl. The van der Waals surface area contributed by atoms with Gasteiger partial charge < -0.3 is 10.6 Å². The molecule has 0 fully saturated rings. The third-order valence-electron chi connectivity index (χ3n) is 2.90. The van der Waals surface area contributed by atoms with Crippen LogP contribution in [0.15, 0.2) is 42.5 Å². The Bertz CT molecular complexity index is 681. The predicted octanol–water partition coefficient (Wildman–Crippen LogP) is 6.12. The van der Waals surface area contributed by atoms with Crippen LogP contribution in [0, 0.1) is 6.92 Å². The number of hydrogen-bond donors (Lipinski definition) is 2. The van der Waals surface area contributed by atoms with Gasteiger partial charge in [-0.05, 0) is 36.8 Å². The van der Waals surface area contributed by atoms with Crippen molar-refractivity contribution in [1.82, 2.24) is 0 Å². The summed E-state index contributed by atoms with van der Waals surface area (Å²) in [5, 5.41) is 5.96. The molecule has 0 aromatic heterocycles. The van der Waals surface area contributed by atoms with E-state index in [4.69, 9.17) is 46.4 Å². The normalized spacial score (nSPS) is 11.1. The molecule has 0 spiro atoms. The Kier molecular flexibility index (Phi) is 5.45. The van der Waals surface area contributed by atoms with Crippen LogP contribution in [-0.2, 0) is 3.79 Å². The van der Waals surface area contributed by atoms with Gasteiger partial charge in [0.1, 0.15) is 0 Å². The first-order valence-corrected chi connectivity index (χ1v) is 7.78. The number of anilines is 2. The molecule has 0 aliphatic rings. The third-order valence-corrected chi connectivity index (χ3v) is 3.96. The van der Waals surface area contributed by atoms with E-state index in [-0.39, 0.29) is 6.03 Å². The maximum atomic E-state index is 11.9. The van der Waals surface area contributed by atoms with E-state index in [1.165, 1.54) is 0 Å². The number of nitrogens with one attached hydrogen (secondary N) is 2. The highest BCUT2D eigenvalue weighted by atomic mass is 35.6. The number of halogens is 4. The molecule has 0 unspecified atom stereocenters. The highest BCUT2D eigenvalue weighted by Crippen LogP contribution is 2.38. The number of carbonyl (C=O) groups excluding carboxylic acids is 1. The van der Waals surface area contributed by atoms with Gasteiger partial charge in [0, 0.05) is 22.0 Å². The van der Waals surface area contributed by atoms with E-state index in [2.05, 4.69) is 10.6 Å². The molecule has 2 aromatic carbocycles. The quantitative estimate of drug-likeness (QED) is 0.608. The van der Waals surface area contributed by atoms with Crippen molar-refractivity contribution < 1.29 is 4.79 Å². The standard InChI is InChI=1S/C15H12Cl4N2O/c1-9-2-5-12(8-13(9)16)21-14(22)20-11-6-3-10(4-7-11)15(17,18)19/h2-8H,1H3,(H2,20,21,22). The number of aryl methyl sites for hydroxylation is 1. The van der Waals surface area contributed by atoms with Crippen LogP contribution in [0.5, 0.6) is 0 Å². The van der Waals surface area contributed by atoms with Crippen LogP contribution in [0.3, 0.4) is 0 Å². The van der Waals surface area contributed by atoms with E-state index in [1.54, 1.807) is 36.4 Å². The number of hydrogen-bond acceptors (Lipinski definition) is 1. The number of amides is 2. The zero-order chi connectivity index (χ0) is 16.3. The summed E-state index contributed by atoms with van der Waals surface area (Å²) < 4.78 is -1.49. The van der Waals surface area contributed by atoms with E-state index < -0.39 is 3.79 Å². The molecule has 0 heterocycles. The smallest absolute Gasteiger partial charge is 0.308 e. The Morgan fingerprint density at radius 1 is 0.955 bits per heavy atom. The summed E-state index contributed by atoms with van der Waals surface area (Å²) in [6.07, 6.45) is 0. The molecule has 0 saturated carbocycles. The number of rotatable bonds is 2. The van der Waals surface area contributed by atoms with Crippen LogP contribution in [0.2, 0.25) is 5.02 Å². The molecule has 3 nitrogen and oxygen atoms in total. The number of carbonyl (C=O) groups is 1. The summed E-state index contributed by atoms with van der Waals surface area (Å²) in [7, 11) is 0. The fraction of sp³-hybridized carbons (Fsp3) is 0.133. The van der Waals surface area contributed by atoms with Crippen molar-refractivity contribution in [1.29, 1.82) is 0 Å². The summed E-state index contributed by atoms with van der Waals surface area (Å²) in [6, 6.07) is 11.5. The van der Waals surface area contributed by atoms with Crippen LogP contribution >= 0.6 is 46.4 Å². The molecule has 2 rings (SSSR count). The summed E-state index contributed by atoms with van der Waals surface area (Å²) in [6.45, 7) is 1.89. The van der Waals surface area contributed by atoms with Crippen molar-refractivity contribution in [3.8, 4) is 0 Å². The lowest BCUT2D eigenvalue weighted by molar-refractivity contribution is 0.262. The molecule has 0 bridgehead atoms. The lowest BCUT2D eigenvalue weighted by Crippen LogP contribution is -2.19. The molecule has 0 atom stereocenters. The molecule has 7 heteroatoms. The molecular weight excluding hydrogens is 366 g/mol. The van der Waals surface area contributed by atoms with Gasteiger partial charge in [0.2, 0.25) is 3.79 Å². The Morgan fingerprint density at radius 3 is 2.05 bits per heavy atom. The van der Waals surface area contributed by atoms with Crippen molar-refractivity contribution in [2.24, 2.45) is 0 Å². The predicted molar refractivity (Wildman–Crippen MR) is 94.5 cm³/mol. The average Bonchev–Trinajstić information content (AvgIpc) is 2.42. The fourth-order valence-corrected chi connectivity index (χ4v) is 2.27. The van der Waals surface area contributed by atoms with Crippen LogP contribution in [0.4, 0.5) is 16.2 Å². The Balaban J connectivity index is 2.01. The van der Waals surface area contributed by atoms with Crippen molar-refractivity contribution in [3.63, 3.8) is 0 Å². The van der Waals surface area contributed by atoms with Gasteiger partial charge in [-0.25, -0.2) is 4.79 Å². The zero-order valence-corrected chi connectivity index (χ0v) is 14.5. The van der Waals surface area contributed by atoms with E-state index in [1.807, 2.05) is 13.0 Å². The molecule has 2 N–H and O–H groups in total. The van der Waals surface area contributed by atoms with Crippen molar-refractivity contribution in [2.75, 3.05) is 10.6 Å². The molecule has 0 radical (unpaired) electrons. The average molecular weight is 378 g/mol. The van der Waals surface area contributed by atoms with Gasteiger partial charge in [-0.15, -0.1) is 0 Å². The first kappa shape index (κ1) is 17.2. The minimum atomic E-state index is -1.49. The topological polar surface area (TPSA) is 41.1 Å².